The van der Waals surface area contributed by atoms with Crippen molar-refractivity contribution in [1.29, 1.82) is 0 Å². The molecule has 1 saturated heterocycles. The first-order valence-corrected chi connectivity index (χ1v) is 4.14. The van der Waals surface area contributed by atoms with Gasteiger partial charge >= 0.3 is 0 Å². The highest BCUT2D eigenvalue weighted by Crippen LogP contribution is 2.18. The van der Waals surface area contributed by atoms with Gasteiger partial charge in [0.1, 0.15) is 5.76 Å². The minimum Gasteiger partial charge on any atom is -0.469 e. The number of aliphatic hydroxyl groups excluding tert-OH is 1. The minimum atomic E-state index is -0.324. The average molecular weight is 168 g/mol. The third-order valence-corrected chi connectivity index (χ3v) is 2.21. The van der Waals surface area contributed by atoms with Crippen molar-refractivity contribution in [1.82, 2.24) is 0 Å². The highest BCUT2D eigenvalue weighted by atomic mass is 16.5. The van der Waals surface area contributed by atoms with Gasteiger partial charge in [0.25, 0.3) is 0 Å². The number of ether oxygens (including phenoxy) is 1. The monoisotopic (exact) mass is 168 g/mol. The predicted molar refractivity (Wildman–Crippen MR) is 42.7 cm³/mol. The molecule has 2 atom stereocenters. The zero-order chi connectivity index (χ0) is 8.39. The molecule has 1 aromatic heterocycles. The van der Waals surface area contributed by atoms with E-state index in [1.165, 1.54) is 0 Å². The van der Waals surface area contributed by atoms with Gasteiger partial charge in [-0.15, -0.1) is 0 Å². The lowest BCUT2D eigenvalue weighted by molar-refractivity contribution is 0.117. The van der Waals surface area contributed by atoms with Crippen LogP contribution in [0.25, 0.3) is 0 Å². The van der Waals surface area contributed by atoms with Crippen molar-refractivity contribution < 1.29 is 14.3 Å². The second-order valence-electron chi connectivity index (χ2n) is 3.15. The minimum absolute atomic E-state index is 0.205. The normalized spacial score (nSPS) is 29.4. The van der Waals surface area contributed by atoms with Gasteiger partial charge < -0.3 is 14.3 Å². The summed E-state index contributed by atoms with van der Waals surface area (Å²) in [6.45, 7) is 1.10. The van der Waals surface area contributed by atoms with E-state index in [2.05, 4.69) is 0 Å². The van der Waals surface area contributed by atoms with E-state index >= 15 is 0 Å². The summed E-state index contributed by atoms with van der Waals surface area (Å²) in [5.41, 5.74) is 0. The third-order valence-electron chi connectivity index (χ3n) is 2.21. The first-order chi connectivity index (χ1) is 5.86. The largest absolute Gasteiger partial charge is 0.469 e. The van der Waals surface area contributed by atoms with E-state index in [1.807, 2.05) is 12.1 Å². The summed E-state index contributed by atoms with van der Waals surface area (Å²) in [7, 11) is 0. The molecule has 0 bridgehead atoms. The van der Waals surface area contributed by atoms with Crippen molar-refractivity contribution in [3.8, 4) is 0 Å². The van der Waals surface area contributed by atoms with Gasteiger partial charge in [0.2, 0.25) is 0 Å². The average Bonchev–Trinajstić information content (AvgIpc) is 2.65. The van der Waals surface area contributed by atoms with Crippen LogP contribution < -0.4 is 0 Å². The second-order valence-corrected chi connectivity index (χ2v) is 3.15. The smallest absolute Gasteiger partial charge is 0.104 e. The van der Waals surface area contributed by atoms with Gasteiger partial charge in [-0.05, 0) is 12.1 Å². The summed E-state index contributed by atoms with van der Waals surface area (Å²) in [4.78, 5) is 0. The van der Waals surface area contributed by atoms with Crippen LogP contribution >= 0.6 is 0 Å². The number of hydrogen-bond acceptors (Lipinski definition) is 3. The maximum absolute atomic E-state index is 9.42. The van der Waals surface area contributed by atoms with Crippen LogP contribution in [0.2, 0.25) is 0 Å². The first-order valence-electron chi connectivity index (χ1n) is 4.14. The molecule has 0 amide bonds. The van der Waals surface area contributed by atoms with E-state index in [9.17, 15) is 5.11 Å². The predicted octanol–water partition coefficient (Wildman–Crippen LogP) is 0.829. The molecule has 2 rings (SSSR count). The Morgan fingerprint density at radius 2 is 2.42 bits per heavy atom. The van der Waals surface area contributed by atoms with Gasteiger partial charge in [0.05, 0.1) is 25.6 Å². The van der Waals surface area contributed by atoms with Gasteiger partial charge in [-0.2, -0.15) is 0 Å². The molecule has 1 fully saturated rings. The van der Waals surface area contributed by atoms with Gasteiger partial charge in [0, 0.05) is 12.3 Å². The maximum atomic E-state index is 9.42. The molecule has 66 valence electrons. The molecule has 0 spiro atoms. The highest BCUT2D eigenvalue weighted by molar-refractivity contribution is 5.00. The molecule has 12 heavy (non-hydrogen) atoms. The van der Waals surface area contributed by atoms with Crippen LogP contribution in [0.3, 0.4) is 0 Å². The van der Waals surface area contributed by atoms with Crippen molar-refractivity contribution in [3.05, 3.63) is 24.2 Å². The number of furan rings is 1. The molecule has 1 aliphatic rings. The number of hydrogen-bond donors (Lipinski definition) is 1. The fourth-order valence-corrected chi connectivity index (χ4v) is 1.47. The van der Waals surface area contributed by atoms with Gasteiger partial charge in [-0.3, -0.25) is 0 Å². The van der Waals surface area contributed by atoms with Crippen LogP contribution in [0, 0.1) is 5.92 Å². The molecule has 3 nitrogen and oxygen atoms in total. The van der Waals surface area contributed by atoms with Crippen LogP contribution in [0.5, 0.6) is 0 Å². The summed E-state index contributed by atoms with van der Waals surface area (Å²) in [5, 5.41) is 9.42. The molecule has 2 heterocycles. The van der Waals surface area contributed by atoms with Crippen molar-refractivity contribution in [2.45, 2.75) is 12.5 Å². The summed E-state index contributed by atoms with van der Waals surface area (Å²) >= 11 is 0. The van der Waals surface area contributed by atoms with Gasteiger partial charge in [0.15, 0.2) is 0 Å². The van der Waals surface area contributed by atoms with Crippen LogP contribution in [0.15, 0.2) is 22.8 Å². The van der Waals surface area contributed by atoms with E-state index in [0.29, 0.717) is 13.2 Å². The topological polar surface area (TPSA) is 42.6 Å². The Hall–Kier alpha value is -0.800. The number of rotatable bonds is 2. The van der Waals surface area contributed by atoms with Crippen LogP contribution in [0.1, 0.15) is 5.76 Å². The van der Waals surface area contributed by atoms with Gasteiger partial charge in [-0.1, -0.05) is 0 Å². The molecule has 1 aromatic rings. The Bertz CT molecular complexity index is 230. The molecule has 3 heteroatoms. The molecule has 0 saturated carbocycles. The Kier molecular flexibility index (Phi) is 2.15. The van der Waals surface area contributed by atoms with Crippen LogP contribution in [-0.2, 0) is 11.2 Å². The SMILES string of the molecule is O[C@@H]1COC[C@H]1Cc1ccco1. The Morgan fingerprint density at radius 3 is 3.00 bits per heavy atom. The standard InChI is InChI=1S/C9H12O3/c10-9-6-11-5-7(9)4-8-2-1-3-12-8/h1-3,7,9-10H,4-6H2/t7-,9-/m1/s1. The lowest BCUT2D eigenvalue weighted by Crippen LogP contribution is -2.19. The lowest BCUT2D eigenvalue weighted by Gasteiger charge is -2.09. The quantitative estimate of drug-likeness (QED) is 0.711. The number of aliphatic hydroxyl groups is 1. The molecule has 1 N–H and O–H groups in total. The molecule has 0 radical (unpaired) electrons. The zero-order valence-corrected chi connectivity index (χ0v) is 6.77. The molecular formula is C9H12O3. The summed E-state index contributed by atoms with van der Waals surface area (Å²) in [5.74, 6) is 1.13. The Morgan fingerprint density at radius 1 is 1.50 bits per heavy atom. The fourth-order valence-electron chi connectivity index (χ4n) is 1.47. The third kappa shape index (κ3) is 1.52. The fraction of sp³-hybridized carbons (Fsp3) is 0.556. The van der Waals surface area contributed by atoms with E-state index in [1.54, 1.807) is 6.26 Å². The lowest BCUT2D eigenvalue weighted by atomic mass is 10.0. The van der Waals surface area contributed by atoms with Crippen molar-refractivity contribution in [2.24, 2.45) is 5.92 Å². The van der Waals surface area contributed by atoms with E-state index < -0.39 is 0 Å². The summed E-state index contributed by atoms with van der Waals surface area (Å²) in [6, 6.07) is 3.78. The summed E-state index contributed by atoms with van der Waals surface area (Å²) in [6.07, 6.45) is 2.10. The van der Waals surface area contributed by atoms with E-state index in [-0.39, 0.29) is 12.0 Å². The molecule has 0 aliphatic carbocycles. The highest BCUT2D eigenvalue weighted by Gasteiger charge is 2.26. The Balaban J connectivity index is 1.95. The van der Waals surface area contributed by atoms with Crippen LogP contribution in [0.4, 0.5) is 0 Å². The van der Waals surface area contributed by atoms with Crippen molar-refractivity contribution >= 4 is 0 Å². The molecule has 0 aromatic carbocycles. The van der Waals surface area contributed by atoms with Crippen molar-refractivity contribution in [3.63, 3.8) is 0 Å². The zero-order valence-electron chi connectivity index (χ0n) is 6.77. The summed E-state index contributed by atoms with van der Waals surface area (Å²) < 4.78 is 10.3. The van der Waals surface area contributed by atoms with Gasteiger partial charge in [-0.25, -0.2) is 0 Å². The molecular weight excluding hydrogens is 156 g/mol. The molecule has 0 unspecified atom stereocenters. The van der Waals surface area contributed by atoms with Crippen molar-refractivity contribution in [2.75, 3.05) is 13.2 Å². The van der Waals surface area contributed by atoms with E-state index in [0.717, 1.165) is 12.2 Å². The first kappa shape index (κ1) is 7.83. The Labute approximate surface area is 71.0 Å². The maximum Gasteiger partial charge on any atom is 0.104 e. The van der Waals surface area contributed by atoms with E-state index in [4.69, 9.17) is 9.15 Å². The second kappa shape index (κ2) is 3.29. The van der Waals surface area contributed by atoms with Crippen LogP contribution in [-0.4, -0.2) is 24.4 Å². The molecule has 1 aliphatic heterocycles.